The molecule has 1 unspecified atom stereocenters. The number of halogens is 1. The van der Waals surface area contributed by atoms with E-state index in [1.807, 2.05) is 6.07 Å². The van der Waals surface area contributed by atoms with Crippen LogP contribution in [0.3, 0.4) is 0 Å². The molecule has 1 atom stereocenters. The van der Waals surface area contributed by atoms with Crippen LogP contribution in [0.2, 0.25) is 0 Å². The zero-order valence-electron chi connectivity index (χ0n) is 7.55. The van der Waals surface area contributed by atoms with Crippen LogP contribution < -0.4 is 10.6 Å². The predicted octanol–water partition coefficient (Wildman–Crippen LogP) is 1.02. The van der Waals surface area contributed by atoms with E-state index < -0.39 is 0 Å². The van der Waals surface area contributed by atoms with E-state index in [2.05, 4.69) is 26.6 Å². The molecule has 76 valence electrons. The van der Waals surface area contributed by atoms with Crippen LogP contribution in [0, 0.1) is 0 Å². The molecule has 5 heteroatoms. The van der Waals surface area contributed by atoms with E-state index in [0.717, 1.165) is 10.2 Å². The van der Waals surface area contributed by atoms with Gasteiger partial charge < -0.3 is 15.1 Å². The van der Waals surface area contributed by atoms with Gasteiger partial charge in [-0.2, -0.15) is 0 Å². The Morgan fingerprint density at radius 3 is 3.14 bits per heavy atom. The summed E-state index contributed by atoms with van der Waals surface area (Å²) in [6, 6.07) is 2.08. The molecular weight excluding hydrogens is 248 g/mol. The fraction of sp³-hybridized carbons (Fsp3) is 0.444. The van der Waals surface area contributed by atoms with E-state index in [4.69, 9.17) is 4.42 Å². The Kier molecular flexibility index (Phi) is 2.88. The number of carbonyl (C=O) groups is 1. The van der Waals surface area contributed by atoms with Crippen molar-refractivity contribution in [3.8, 4) is 0 Å². The number of nitrogens with one attached hydrogen (secondary N) is 2. The molecule has 2 N–H and O–H groups in total. The molecule has 0 saturated carbocycles. The maximum absolute atomic E-state index is 10.9. The molecule has 0 aliphatic carbocycles. The standard InChI is InChI=1S/C9H11BrN2O2/c10-7-1-2-14-8(7)5-11-6-3-9(13)12-4-6/h1-2,6,11H,3-5H2,(H,12,13). The van der Waals surface area contributed by atoms with Crippen LogP contribution in [0.15, 0.2) is 21.2 Å². The van der Waals surface area contributed by atoms with Gasteiger partial charge in [0.15, 0.2) is 0 Å². The molecule has 2 heterocycles. The van der Waals surface area contributed by atoms with E-state index in [-0.39, 0.29) is 11.9 Å². The molecule has 1 aromatic heterocycles. The van der Waals surface area contributed by atoms with Crippen molar-refractivity contribution in [2.45, 2.75) is 19.0 Å². The van der Waals surface area contributed by atoms with Crippen LogP contribution >= 0.6 is 15.9 Å². The lowest BCUT2D eigenvalue weighted by Gasteiger charge is -2.08. The first kappa shape index (κ1) is 9.73. The van der Waals surface area contributed by atoms with Gasteiger partial charge in [0.25, 0.3) is 0 Å². The molecule has 0 radical (unpaired) electrons. The summed E-state index contributed by atoms with van der Waals surface area (Å²) in [4.78, 5) is 10.9. The molecule has 1 fully saturated rings. The molecule has 0 spiro atoms. The average molecular weight is 259 g/mol. The first-order chi connectivity index (χ1) is 6.75. The maximum Gasteiger partial charge on any atom is 0.221 e. The molecule has 1 amide bonds. The largest absolute Gasteiger partial charge is 0.467 e. The van der Waals surface area contributed by atoms with Crippen LogP contribution in [-0.2, 0) is 11.3 Å². The Morgan fingerprint density at radius 2 is 2.57 bits per heavy atom. The average Bonchev–Trinajstić information content (AvgIpc) is 2.72. The highest BCUT2D eigenvalue weighted by atomic mass is 79.9. The molecule has 4 nitrogen and oxygen atoms in total. The van der Waals surface area contributed by atoms with Gasteiger partial charge in [-0.15, -0.1) is 0 Å². The van der Waals surface area contributed by atoms with Gasteiger partial charge in [0.1, 0.15) is 5.76 Å². The summed E-state index contributed by atoms with van der Waals surface area (Å²) in [5, 5.41) is 6.02. The zero-order valence-corrected chi connectivity index (χ0v) is 9.13. The lowest BCUT2D eigenvalue weighted by Crippen LogP contribution is -2.30. The summed E-state index contributed by atoms with van der Waals surface area (Å²) < 4.78 is 6.20. The minimum absolute atomic E-state index is 0.112. The van der Waals surface area contributed by atoms with Gasteiger partial charge in [-0.3, -0.25) is 4.79 Å². The Morgan fingerprint density at radius 1 is 1.71 bits per heavy atom. The first-order valence-corrected chi connectivity index (χ1v) is 5.27. The van der Waals surface area contributed by atoms with Crippen LogP contribution in [0.4, 0.5) is 0 Å². The van der Waals surface area contributed by atoms with Crippen molar-refractivity contribution in [2.75, 3.05) is 6.54 Å². The Hall–Kier alpha value is -0.810. The summed E-state index contributed by atoms with van der Waals surface area (Å²) in [6.45, 7) is 1.35. The lowest BCUT2D eigenvalue weighted by atomic mass is 10.2. The molecule has 0 bridgehead atoms. The van der Waals surface area contributed by atoms with Gasteiger partial charge in [0.05, 0.1) is 17.3 Å². The van der Waals surface area contributed by atoms with Crippen LogP contribution in [0.5, 0.6) is 0 Å². The number of furan rings is 1. The van der Waals surface area contributed by atoms with Crippen LogP contribution in [0.25, 0.3) is 0 Å². The number of hydrogen-bond acceptors (Lipinski definition) is 3. The Balaban J connectivity index is 1.83. The van der Waals surface area contributed by atoms with E-state index in [0.29, 0.717) is 19.5 Å². The molecule has 1 aromatic rings. The minimum atomic E-state index is 0.112. The maximum atomic E-state index is 10.9. The lowest BCUT2D eigenvalue weighted by molar-refractivity contribution is -0.119. The fourth-order valence-corrected chi connectivity index (χ4v) is 1.78. The topological polar surface area (TPSA) is 54.3 Å². The van der Waals surface area contributed by atoms with Crippen molar-refractivity contribution in [1.82, 2.24) is 10.6 Å². The van der Waals surface area contributed by atoms with Gasteiger partial charge in [-0.05, 0) is 22.0 Å². The zero-order chi connectivity index (χ0) is 9.97. The highest BCUT2D eigenvalue weighted by Gasteiger charge is 2.20. The van der Waals surface area contributed by atoms with Crippen LogP contribution in [-0.4, -0.2) is 18.5 Å². The summed E-state index contributed by atoms with van der Waals surface area (Å²) in [7, 11) is 0. The third kappa shape index (κ3) is 2.16. The van der Waals surface area contributed by atoms with Gasteiger partial charge in [0, 0.05) is 19.0 Å². The molecule has 1 aliphatic rings. The van der Waals surface area contributed by atoms with Gasteiger partial charge in [-0.1, -0.05) is 0 Å². The molecule has 0 aromatic carbocycles. The van der Waals surface area contributed by atoms with Crippen molar-refractivity contribution in [1.29, 1.82) is 0 Å². The molecule has 1 aliphatic heterocycles. The quantitative estimate of drug-likeness (QED) is 0.852. The summed E-state index contributed by atoms with van der Waals surface area (Å²) in [6.07, 6.45) is 2.19. The van der Waals surface area contributed by atoms with E-state index in [1.54, 1.807) is 6.26 Å². The SMILES string of the molecule is O=C1CC(NCc2occc2Br)CN1. The van der Waals surface area contributed by atoms with Crippen molar-refractivity contribution < 1.29 is 9.21 Å². The second-order valence-electron chi connectivity index (χ2n) is 3.28. The van der Waals surface area contributed by atoms with Crippen molar-refractivity contribution in [3.05, 3.63) is 22.6 Å². The predicted molar refractivity (Wildman–Crippen MR) is 54.7 cm³/mol. The number of rotatable bonds is 3. The first-order valence-electron chi connectivity index (χ1n) is 4.47. The normalized spacial score (nSPS) is 21.2. The number of carbonyl (C=O) groups excluding carboxylic acids is 1. The van der Waals surface area contributed by atoms with Crippen molar-refractivity contribution in [3.63, 3.8) is 0 Å². The second kappa shape index (κ2) is 4.14. The highest BCUT2D eigenvalue weighted by molar-refractivity contribution is 9.10. The van der Waals surface area contributed by atoms with Crippen molar-refractivity contribution in [2.24, 2.45) is 0 Å². The Labute approximate surface area is 90.2 Å². The number of hydrogen-bond donors (Lipinski definition) is 2. The third-order valence-corrected chi connectivity index (χ3v) is 2.93. The third-order valence-electron chi connectivity index (χ3n) is 2.22. The van der Waals surface area contributed by atoms with Gasteiger partial charge >= 0.3 is 0 Å². The summed E-state index contributed by atoms with van der Waals surface area (Å²) in [5.41, 5.74) is 0. The highest BCUT2D eigenvalue weighted by Crippen LogP contribution is 2.17. The van der Waals surface area contributed by atoms with Gasteiger partial charge in [0.2, 0.25) is 5.91 Å². The monoisotopic (exact) mass is 258 g/mol. The second-order valence-corrected chi connectivity index (χ2v) is 4.13. The summed E-state index contributed by atoms with van der Waals surface area (Å²) >= 11 is 3.37. The minimum Gasteiger partial charge on any atom is -0.467 e. The van der Waals surface area contributed by atoms with Gasteiger partial charge in [-0.25, -0.2) is 0 Å². The molecule has 2 rings (SSSR count). The van der Waals surface area contributed by atoms with E-state index in [1.165, 1.54) is 0 Å². The van der Waals surface area contributed by atoms with Crippen LogP contribution in [0.1, 0.15) is 12.2 Å². The van der Waals surface area contributed by atoms with E-state index in [9.17, 15) is 4.79 Å². The Bertz CT molecular complexity index is 337. The number of amides is 1. The van der Waals surface area contributed by atoms with E-state index >= 15 is 0 Å². The molecular formula is C9H11BrN2O2. The van der Waals surface area contributed by atoms with Crippen molar-refractivity contribution >= 4 is 21.8 Å². The molecule has 14 heavy (non-hydrogen) atoms. The molecule has 1 saturated heterocycles. The smallest absolute Gasteiger partial charge is 0.221 e. The fourth-order valence-electron chi connectivity index (χ4n) is 1.44. The summed E-state index contributed by atoms with van der Waals surface area (Å²) in [5.74, 6) is 0.977.